The number of nitro groups is 1. The van der Waals surface area contributed by atoms with Gasteiger partial charge in [0.15, 0.2) is 12.4 Å². The van der Waals surface area contributed by atoms with Gasteiger partial charge in [0.1, 0.15) is 11.5 Å². The second kappa shape index (κ2) is 5.91. The first kappa shape index (κ1) is 14.8. The number of benzene rings is 1. The molecule has 0 saturated heterocycles. The summed E-state index contributed by atoms with van der Waals surface area (Å²) in [5.74, 6) is 2.11. The number of hydrogen-bond donors (Lipinski definition) is 0. The highest BCUT2D eigenvalue weighted by molar-refractivity contribution is 5.55. The van der Waals surface area contributed by atoms with Gasteiger partial charge in [-0.1, -0.05) is 12.1 Å². The van der Waals surface area contributed by atoms with Gasteiger partial charge in [0.25, 0.3) is 11.8 Å². The molecule has 0 aliphatic rings. The lowest BCUT2D eigenvalue weighted by Crippen LogP contribution is -1.99. The van der Waals surface area contributed by atoms with E-state index >= 15 is 0 Å². The Balaban J connectivity index is 1.76. The number of hydrogen-bond acceptors (Lipinski definition) is 7. The summed E-state index contributed by atoms with van der Waals surface area (Å²) in [7, 11) is 0. The first-order chi connectivity index (χ1) is 11.0. The molecular formula is C15H13N3O5. The van der Waals surface area contributed by atoms with Gasteiger partial charge in [-0.3, -0.25) is 10.1 Å². The van der Waals surface area contributed by atoms with Crippen molar-refractivity contribution in [1.29, 1.82) is 0 Å². The molecule has 0 amide bonds. The largest absolute Gasteiger partial charge is 0.477 e. The van der Waals surface area contributed by atoms with Crippen LogP contribution < -0.4 is 4.74 Å². The quantitative estimate of drug-likeness (QED) is 0.524. The van der Waals surface area contributed by atoms with Gasteiger partial charge in [0.05, 0.1) is 10.5 Å². The second-order valence-corrected chi connectivity index (χ2v) is 4.84. The number of ether oxygens (including phenoxy) is 1. The molecule has 3 aromatic rings. The molecule has 0 unspecified atom stereocenters. The minimum absolute atomic E-state index is 0.0618. The van der Waals surface area contributed by atoms with E-state index in [9.17, 15) is 10.1 Å². The molecule has 0 saturated carbocycles. The zero-order valence-electron chi connectivity index (χ0n) is 12.5. The summed E-state index contributed by atoms with van der Waals surface area (Å²) in [5.41, 5.74) is 0.598. The van der Waals surface area contributed by atoms with Crippen LogP contribution in [0.1, 0.15) is 17.4 Å². The summed E-state index contributed by atoms with van der Waals surface area (Å²) in [4.78, 5) is 10.4. The molecule has 8 nitrogen and oxygen atoms in total. The molecule has 0 radical (unpaired) electrons. The Hall–Kier alpha value is -3.16. The van der Waals surface area contributed by atoms with Crippen LogP contribution in [0.3, 0.4) is 0 Å². The van der Waals surface area contributed by atoms with E-state index in [0.717, 1.165) is 5.76 Å². The Labute approximate surface area is 130 Å². The van der Waals surface area contributed by atoms with Crippen molar-refractivity contribution in [3.05, 3.63) is 57.9 Å². The van der Waals surface area contributed by atoms with Gasteiger partial charge in [-0.05, 0) is 26.0 Å². The molecular weight excluding hydrogens is 302 g/mol. The molecule has 23 heavy (non-hydrogen) atoms. The van der Waals surface area contributed by atoms with Crippen molar-refractivity contribution in [2.45, 2.75) is 20.5 Å². The predicted octanol–water partition coefficient (Wildman–Crippen LogP) is 3.43. The van der Waals surface area contributed by atoms with Crippen LogP contribution in [0.5, 0.6) is 5.75 Å². The topological polar surface area (TPSA) is 104 Å². The van der Waals surface area contributed by atoms with E-state index in [1.165, 1.54) is 12.1 Å². The molecule has 118 valence electrons. The average molecular weight is 315 g/mol. The Bertz CT molecular complexity index is 852. The van der Waals surface area contributed by atoms with Crippen LogP contribution in [0, 0.1) is 24.0 Å². The summed E-state index contributed by atoms with van der Waals surface area (Å²) < 4.78 is 16.3. The summed E-state index contributed by atoms with van der Waals surface area (Å²) in [6, 6.07) is 7.90. The molecule has 0 bridgehead atoms. The predicted molar refractivity (Wildman–Crippen MR) is 78.9 cm³/mol. The molecule has 8 heteroatoms. The Morgan fingerprint density at radius 3 is 2.70 bits per heavy atom. The first-order valence-electron chi connectivity index (χ1n) is 6.80. The number of nitrogens with zero attached hydrogens (tertiary/aromatic N) is 3. The normalized spacial score (nSPS) is 10.7. The molecule has 0 N–H and O–H groups in total. The fraction of sp³-hybridized carbons (Fsp3) is 0.200. The number of nitro benzene ring substituents is 1. The van der Waals surface area contributed by atoms with E-state index < -0.39 is 4.92 Å². The lowest BCUT2D eigenvalue weighted by molar-refractivity contribution is -0.386. The van der Waals surface area contributed by atoms with Gasteiger partial charge in [-0.2, -0.15) is 0 Å². The molecule has 0 fully saturated rings. The van der Waals surface area contributed by atoms with E-state index in [4.69, 9.17) is 13.6 Å². The summed E-state index contributed by atoms with van der Waals surface area (Å²) in [6.45, 7) is 3.56. The van der Waals surface area contributed by atoms with Crippen LogP contribution in [0.2, 0.25) is 0 Å². The Morgan fingerprint density at radius 2 is 2.00 bits per heavy atom. The minimum Gasteiger partial charge on any atom is -0.477 e. The van der Waals surface area contributed by atoms with Crippen molar-refractivity contribution in [3.8, 4) is 17.2 Å². The summed E-state index contributed by atoms with van der Waals surface area (Å²) >= 11 is 0. The fourth-order valence-corrected chi connectivity index (χ4v) is 2.13. The van der Waals surface area contributed by atoms with Crippen molar-refractivity contribution >= 4 is 5.69 Å². The van der Waals surface area contributed by atoms with Gasteiger partial charge >= 0.3 is 5.69 Å². The van der Waals surface area contributed by atoms with Crippen LogP contribution in [0.25, 0.3) is 11.5 Å². The van der Waals surface area contributed by atoms with Gasteiger partial charge in [-0.15, -0.1) is 10.2 Å². The van der Waals surface area contributed by atoms with E-state index in [2.05, 4.69) is 10.2 Å². The molecule has 3 rings (SSSR count). The molecule has 0 aliphatic carbocycles. The fourth-order valence-electron chi connectivity index (χ4n) is 2.13. The summed E-state index contributed by atoms with van der Waals surface area (Å²) in [5, 5.41) is 18.7. The van der Waals surface area contributed by atoms with Crippen LogP contribution in [0.15, 0.2) is 39.2 Å². The third kappa shape index (κ3) is 3.05. The van der Waals surface area contributed by atoms with Crippen LogP contribution in [-0.2, 0) is 6.61 Å². The van der Waals surface area contributed by atoms with Crippen molar-refractivity contribution in [2.24, 2.45) is 0 Å². The van der Waals surface area contributed by atoms with Crippen LogP contribution in [-0.4, -0.2) is 15.1 Å². The SMILES string of the molecule is Cc1cc(-c2nnc(COc3ccccc3[N+](=O)[O-])o2)c(C)o1. The number of furan rings is 1. The lowest BCUT2D eigenvalue weighted by atomic mass is 10.2. The molecule has 2 heterocycles. The number of rotatable bonds is 5. The third-order valence-corrected chi connectivity index (χ3v) is 3.15. The van der Waals surface area contributed by atoms with Gasteiger partial charge in [-0.25, -0.2) is 0 Å². The third-order valence-electron chi connectivity index (χ3n) is 3.15. The van der Waals surface area contributed by atoms with Gasteiger partial charge < -0.3 is 13.6 Å². The number of aromatic nitrogens is 2. The molecule has 0 atom stereocenters. The number of para-hydroxylation sites is 2. The molecule has 0 aliphatic heterocycles. The van der Waals surface area contributed by atoms with Crippen LogP contribution >= 0.6 is 0 Å². The van der Waals surface area contributed by atoms with E-state index in [1.807, 2.05) is 6.92 Å². The highest BCUT2D eigenvalue weighted by Gasteiger charge is 2.17. The van der Waals surface area contributed by atoms with Crippen molar-refractivity contribution in [1.82, 2.24) is 10.2 Å². The van der Waals surface area contributed by atoms with Gasteiger partial charge in [0, 0.05) is 6.07 Å². The Morgan fingerprint density at radius 1 is 1.22 bits per heavy atom. The maximum absolute atomic E-state index is 10.9. The first-order valence-corrected chi connectivity index (χ1v) is 6.80. The van der Waals surface area contributed by atoms with Crippen molar-refractivity contribution in [3.63, 3.8) is 0 Å². The van der Waals surface area contributed by atoms with E-state index in [1.54, 1.807) is 25.1 Å². The molecule has 1 aromatic carbocycles. The summed E-state index contributed by atoms with van der Waals surface area (Å²) in [6.07, 6.45) is 0. The van der Waals surface area contributed by atoms with E-state index in [-0.39, 0.29) is 23.9 Å². The van der Waals surface area contributed by atoms with Gasteiger partial charge in [0.2, 0.25) is 0 Å². The van der Waals surface area contributed by atoms with Crippen LogP contribution in [0.4, 0.5) is 5.69 Å². The highest BCUT2D eigenvalue weighted by Crippen LogP contribution is 2.28. The zero-order chi connectivity index (χ0) is 16.4. The highest BCUT2D eigenvalue weighted by atomic mass is 16.6. The smallest absolute Gasteiger partial charge is 0.310 e. The van der Waals surface area contributed by atoms with Crippen molar-refractivity contribution in [2.75, 3.05) is 0 Å². The average Bonchev–Trinajstić information content (AvgIpc) is 3.11. The van der Waals surface area contributed by atoms with E-state index in [0.29, 0.717) is 17.2 Å². The minimum atomic E-state index is -0.508. The molecule has 0 spiro atoms. The molecule has 2 aromatic heterocycles. The number of aryl methyl sites for hydroxylation is 2. The maximum Gasteiger partial charge on any atom is 0.310 e. The second-order valence-electron chi connectivity index (χ2n) is 4.84. The monoisotopic (exact) mass is 315 g/mol. The standard InChI is InChI=1S/C15H13N3O5/c1-9-7-11(10(2)22-9)15-17-16-14(23-15)8-21-13-6-4-3-5-12(13)18(19)20/h3-7H,8H2,1-2H3. The Kier molecular flexibility index (Phi) is 3.80. The maximum atomic E-state index is 10.9. The lowest BCUT2D eigenvalue weighted by Gasteiger charge is -2.03. The van der Waals surface area contributed by atoms with Crippen molar-refractivity contribution < 1.29 is 18.5 Å². The zero-order valence-corrected chi connectivity index (χ0v) is 12.5.